The Morgan fingerprint density at radius 1 is 1.12 bits per heavy atom. The molecular weight excluding hydrogens is 200 g/mol. The minimum absolute atomic E-state index is 0.657. The van der Waals surface area contributed by atoms with Gasteiger partial charge >= 0.3 is 0 Å². The first-order valence-electron chi connectivity index (χ1n) is 4.98. The first kappa shape index (κ1) is 8.91. The second kappa shape index (κ2) is 3.34. The van der Waals surface area contributed by atoms with Gasteiger partial charge in [-0.3, -0.25) is 10.1 Å². The molecule has 4 heteroatoms. The summed E-state index contributed by atoms with van der Waals surface area (Å²) in [6, 6.07) is 8.01. The fraction of sp³-hybridized carbons (Fsp3) is 0. The lowest BCUT2D eigenvalue weighted by molar-refractivity contribution is 1.10. The number of nitrogens with zero attached hydrogens (tertiary/aromatic N) is 2. The Balaban J connectivity index is 2.36. The van der Waals surface area contributed by atoms with E-state index in [2.05, 4.69) is 15.2 Å². The van der Waals surface area contributed by atoms with Gasteiger partial charge in [0.25, 0.3) is 0 Å². The zero-order valence-electron chi connectivity index (χ0n) is 8.51. The number of H-pyrrole nitrogens is 1. The molecule has 0 bridgehead atoms. The number of nitrogens with two attached hydrogens (primary N) is 1. The van der Waals surface area contributed by atoms with Crippen molar-refractivity contribution >= 4 is 16.5 Å². The summed E-state index contributed by atoms with van der Waals surface area (Å²) in [5.41, 5.74) is 8.42. The maximum atomic E-state index is 5.85. The van der Waals surface area contributed by atoms with E-state index >= 15 is 0 Å². The highest BCUT2D eigenvalue weighted by atomic mass is 15.1. The highest BCUT2D eigenvalue weighted by Crippen LogP contribution is 2.29. The van der Waals surface area contributed by atoms with E-state index in [0.29, 0.717) is 5.69 Å². The van der Waals surface area contributed by atoms with Crippen molar-refractivity contribution in [2.24, 2.45) is 0 Å². The van der Waals surface area contributed by atoms with Crippen molar-refractivity contribution in [2.45, 2.75) is 0 Å². The molecule has 3 rings (SSSR count). The number of pyridine rings is 1. The van der Waals surface area contributed by atoms with E-state index in [1.54, 1.807) is 12.4 Å². The average Bonchev–Trinajstić information content (AvgIpc) is 2.75. The fourth-order valence-electron chi connectivity index (χ4n) is 1.85. The molecule has 0 fully saturated rings. The van der Waals surface area contributed by atoms with Gasteiger partial charge in [0, 0.05) is 23.3 Å². The van der Waals surface area contributed by atoms with Gasteiger partial charge in [0.1, 0.15) is 0 Å². The lowest BCUT2D eigenvalue weighted by atomic mass is 10.0. The molecule has 2 aromatic heterocycles. The normalized spacial score (nSPS) is 10.8. The van der Waals surface area contributed by atoms with Crippen molar-refractivity contribution < 1.29 is 0 Å². The predicted octanol–water partition coefficient (Wildman–Crippen LogP) is 2.21. The van der Waals surface area contributed by atoms with Gasteiger partial charge in [0.2, 0.25) is 0 Å². The zero-order chi connectivity index (χ0) is 11.0. The second-order valence-corrected chi connectivity index (χ2v) is 3.60. The molecule has 0 aliphatic heterocycles. The van der Waals surface area contributed by atoms with Crippen LogP contribution >= 0.6 is 0 Å². The minimum atomic E-state index is 0.657. The van der Waals surface area contributed by atoms with Crippen LogP contribution in [-0.2, 0) is 0 Å². The summed E-state index contributed by atoms with van der Waals surface area (Å²) in [5, 5.41) is 9.07. The lowest BCUT2D eigenvalue weighted by Crippen LogP contribution is -1.88. The van der Waals surface area contributed by atoms with Crippen LogP contribution in [0.5, 0.6) is 0 Å². The van der Waals surface area contributed by atoms with Gasteiger partial charge < -0.3 is 5.73 Å². The molecule has 0 aliphatic carbocycles. The van der Waals surface area contributed by atoms with E-state index in [-0.39, 0.29) is 0 Å². The third-order valence-corrected chi connectivity index (χ3v) is 2.62. The molecule has 3 N–H and O–H groups in total. The molecule has 0 saturated heterocycles. The predicted molar refractivity (Wildman–Crippen MR) is 63.7 cm³/mol. The van der Waals surface area contributed by atoms with Crippen LogP contribution in [0.25, 0.3) is 22.0 Å². The average molecular weight is 210 g/mol. The number of anilines is 1. The molecule has 3 aromatic rings. The van der Waals surface area contributed by atoms with Crippen molar-refractivity contribution in [3.63, 3.8) is 0 Å². The second-order valence-electron chi connectivity index (χ2n) is 3.60. The lowest BCUT2D eigenvalue weighted by Gasteiger charge is -2.04. The Kier molecular flexibility index (Phi) is 1.86. The summed E-state index contributed by atoms with van der Waals surface area (Å²) >= 11 is 0. The SMILES string of the molecule is Nc1cn[nH]c1-c1cccc2cnccc12. The monoisotopic (exact) mass is 210 g/mol. The maximum Gasteiger partial charge on any atom is 0.0886 e. The smallest absolute Gasteiger partial charge is 0.0886 e. The Hall–Kier alpha value is -2.36. The topological polar surface area (TPSA) is 67.6 Å². The number of nitrogen functional groups attached to an aromatic ring is 1. The number of benzene rings is 1. The van der Waals surface area contributed by atoms with Crippen LogP contribution in [0.4, 0.5) is 5.69 Å². The summed E-state index contributed by atoms with van der Waals surface area (Å²) in [6.45, 7) is 0. The van der Waals surface area contributed by atoms with E-state index in [4.69, 9.17) is 5.73 Å². The van der Waals surface area contributed by atoms with Crippen molar-refractivity contribution in [2.75, 3.05) is 5.73 Å². The van der Waals surface area contributed by atoms with Crippen molar-refractivity contribution in [1.82, 2.24) is 15.2 Å². The zero-order valence-corrected chi connectivity index (χ0v) is 8.51. The van der Waals surface area contributed by atoms with Gasteiger partial charge in [0.05, 0.1) is 17.6 Å². The molecule has 1 aromatic carbocycles. The Labute approximate surface area is 92.1 Å². The molecule has 0 unspecified atom stereocenters. The van der Waals surface area contributed by atoms with Crippen molar-refractivity contribution in [1.29, 1.82) is 0 Å². The van der Waals surface area contributed by atoms with E-state index in [0.717, 1.165) is 22.0 Å². The largest absolute Gasteiger partial charge is 0.396 e. The molecule has 0 aliphatic rings. The Bertz CT molecular complexity index is 637. The maximum absolute atomic E-state index is 5.85. The van der Waals surface area contributed by atoms with Crippen LogP contribution in [-0.4, -0.2) is 15.2 Å². The standard InChI is InChI=1S/C12H10N4/c13-11-7-15-16-12(11)10-3-1-2-8-6-14-5-4-9(8)10/h1-7H,13H2,(H,15,16). The Morgan fingerprint density at radius 2 is 2.06 bits per heavy atom. The van der Waals surface area contributed by atoms with Gasteiger partial charge in [-0.15, -0.1) is 0 Å². The third-order valence-electron chi connectivity index (χ3n) is 2.62. The third kappa shape index (κ3) is 1.24. The van der Waals surface area contributed by atoms with Crippen LogP contribution in [0, 0.1) is 0 Å². The highest BCUT2D eigenvalue weighted by molar-refractivity contribution is 5.97. The van der Waals surface area contributed by atoms with Crippen molar-refractivity contribution in [3.05, 3.63) is 42.9 Å². The summed E-state index contributed by atoms with van der Waals surface area (Å²) < 4.78 is 0. The molecule has 0 saturated carbocycles. The molecule has 0 amide bonds. The number of hydrogen-bond donors (Lipinski definition) is 2. The molecule has 0 atom stereocenters. The van der Waals surface area contributed by atoms with E-state index in [9.17, 15) is 0 Å². The number of nitrogens with one attached hydrogen (secondary N) is 1. The van der Waals surface area contributed by atoms with Gasteiger partial charge in [-0.05, 0) is 11.5 Å². The van der Waals surface area contributed by atoms with Gasteiger partial charge in [-0.1, -0.05) is 18.2 Å². The summed E-state index contributed by atoms with van der Waals surface area (Å²) in [4.78, 5) is 4.10. The van der Waals surface area contributed by atoms with Gasteiger partial charge in [0.15, 0.2) is 0 Å². The summed E-state index contributed by atoms with van der Waals surface area (Å²) in [6.07, 6.45) is 5.24. The molecule has 0 spiro atoms. The Morgan fingerprint density at radius 3 is 2.88 bits per heavy atom. The number of hydrogen-bond acceptors (Lipinski definition) is 3. The highest BCUT2D eigenvalue weighted by Gasteiger charge is 2.07. The molecular formula is C12H10N4. The summed E-state index contributed by atoms with van der Waals surface area (Å²) in [7, 11) is 0. The number of fused-ring (bicyclic) bond motifs is 1. The minimum Gasteiger partial charge on any atom is -0.396 e. The van der Waals surface area contributed by atoms with Crippen LogP contribution in [0.1, 0.15) is 0 Å². The molecule has 16 heavy (non-hydrogen) atoms. The first-order chi connectivity index (χ1) is 7.86. The van der Waals surface area contributed by atoms with Crippen LogP contribution in [0.3, 0.4) is 0 Å². The van der Waals surface area contributed by atoms with Gasteiger partial charge in [-0.2, -0.15) is 5.10 Å². The van der Waals surface area contributed by atoms with Crippen molar-refractivity contribution in [3.8, 4) is 11.3 Å². The number of rotatable bonds is 1. The van der Waals surface area contributed by atoms with Crippen LogP contribution < -0.4 is 5.73 Å². The molecule has 4 nitrogen and oxygen atoms in total. The van der Waals surface area contributed by atoms with E-state index in [1.165, 1.54) is 0 Å². The quantitative estimate of drug-likeness (QED) is 0.647. The molecule has 0 radical (unpaired) electrons. The number of aromatic amines is 1. The summed E-state index contributed by atoms with van der Waals surface area (Å²) in [5.74, 6) is 0. The first-order valence-corrected chi connectivity index (χ1v) is 4.98. The van der Waals surface area contributed by atoms with Crippen LogP contribution in [0.2, 0.25) is 0 Å². The molecule has 2 heterocycles. The van der Waals surface area contributed by atoms with E-state index < -0.39 is 0 Å². The van der Waals surface area contributed by atoms with E-state index in [1.807, 2.05) is 30.5 Å². The molecule has 78 valence electrons. The van der Waals surface area contributed by atoms with Crippen LogP contribution in [0.15, 0.2) is 42.9 Å². The number of aromatic nitrogens is 3. The fourth-order valence-corrected chi connectivity index (χ4v) is 1.85. The van der Waals surface area contributed by atoms with Gasteiger partial charge in [-0.25, -0.2) is 0 Å².